The third-order valence-corrected chi connectivity index (χ3v) is 7.59. The van der Waals surface area contributed by atoms with Crippen LogP contribution in [0.4, 0.5) is 4.39 Å². The van der Waals surface area contributed by atoms with Gasteiger partial charge in [-0.1, -0.05) is 6.92 Å². The van der Waals surface area contributed by atoms with E-state index in [9.17, 15) is 19.4 Å². The number of fused-ring (bicyclic) bond motifs is 4. The molecule has 6 rings (SSSR count). The van der Waals surface area contributed by atoms with Crippen molar-refractivity contribution in [3.05, 3.63) is 57.1 Å². The van der Waals surface area contributed by atoms with Crippen LogP contribution in [0.2, 0.25) is 0 Å². The number of pyridine rings is 1. The van der Waals surface area contributed by atoms with Crippen LogP contribution in [0.25, 0.3) is 16.6 Å². The van der Waals surface area contributed by atoms with E-state index in [2.05, 4.69) is 0 Å². The minimum absolute atomic E-state index is 0.0788. The third kappa shape index (κ3) is 2.29. The van der Waals surface area contributed by atoms with E-state index in [0.29, 0.717) is 53.0 Å². The Hall–Kier alpha value is -2.81. The Bertz CT molecular complexity index is 1300. The molecule has 32 heavy (non-hydrogen) atoms. The Balaban J connectivity index is 1.63. The molecule has 3 atom stereocenters. The number of nitrogens with zero attached hydrogens (tertiary/aromatic N) is 2. The second-order valence-corrected chi connectivity index (χ2v) is 9.11. The van der Waals surface area contributed by atoms with E-state index in [1.807, 2.05) is 0 Å². The molecule has 1 unspecified atom stereocenters. The quantitative estimate of drug-likeness (QED) is 0.587. The number of aryl methyl sites for hydroxylation is 1. The third-order valence-electron chi connectivity index (χ3n) is 7.59. The lowest BCUT2D eigenvalue weighted by Gasteiger charge is -2.40. The molecule has 0 saturated carbocycles. The van der Waals surface area contributed by atoms with Crippen LogP contribution in [0, 0.1) is 12.7 Å². The van der Waals surface area contributed by atoms with E-state index in [4.69, 9.17) is 15.5 Å². The number of aliphatic hydroxyl groups excluding tert-OH is 1. The molecule has 0 amide bonds. The number of nitrogens with two attached hydrogens (primary N) is 1. The molecular weight excluding hydrogens is 413 g/mol. The second-order valence-electron chi connectivity index (χ2n) is 9.11. The van der Waals surface area contributed by atoms with E-state index in [1.54, 1.807) is 24.8 Å². The lowest BCUT2D eigenvalue weighted by molar-refractivity contribution is -0.164. The van der Waals surface area contributed by atoms with Crippen molar-refractivity contribution in [3.63, 3.8) is 0 Å². The number of ether oxygens (including phenoxy) is 1. The number of cyclic esters (lactones) is 1. The highest BCUT2D eigenvalue weighted by Gasteiger charge is 2.50. The van der Waals surface area contributed by atoms with Gasteiger partial charge in [0.15, 0.2) is 11.8 Å². The van der Waals surface area contributed by atoms with Gasteiger partial charge in [-0.25, -0.2) is 14.2 Å². The first-order valence-electron chi connectivity index (χ1n) is 11.0. The molecule has 0 radical (unpaired) electrons. The summed E-state index contributed by atoms with van der Waals surface area (Å²) in [5, 5.41) is 23.2. The van der Waals surface area contributed by atoms with Gasteiger partial charge in [-0.3, -0.25) is 0 Å². The largest absolute Gasteiger partial charge is 0.459 e. The van der Waals surface area contributed by atoms with Gasteiger partial charge in [-0.05, 0) is 49.0 Å². The van der Waals surface area contributed by atoms with Crippen LogP contribution in [-0.4, -0.2) is 44.5 Å². The fourth-order valence-corrected chi connectivity index (χ4v) is 5.74. The number of halogens is 1. The number of aliphatic hydroxyl groups is 2. The SMILES string of the molecule is CC[C@@]1(O)C(=O)OCC2=C1C=C1c3nc4cc(F)c(C)c5c4c(c3CN1C2O)[C@@H](N)CC5. The van der Waals surface area contributed by atoms with Crippen molar-refractivity contribution < 1.29 is 24.1 Å². The van der Waals surface area contributed by atoms with Crippen molar-refractivity contribution in [2.45, 2.75) is 57.5 Å². The van der Waals surface area contributed by atoms with Crippen LogP contribution in [-0.2, 0) is 22.5 Å². The maximum absolute atomic E-state index is 14.7. The van der Waals surface area contributed by atoms with Crippen molar-refractivity contribution in [1.82, 2.24) is 9.88 Å². The molecule has 0 saturated heterocycles. The monoisotopic (exact) mass is 437 g/mol. The molecule has 8 heteroatoms. The van der Waals surface area contributed by atoms with Crippen LogP contribution in [0.5, 0.6) is 0 Å². The topological polar surface area (TPSA) is 109 Å². The molecule has 0 fully saturated rings. The maximum Gasteiger partial charge on any atom is 0.343 e. The molecule has 1 aromatic carbocycles. The van der Waals surface area contributed by atoms with Gasteiger partial charge in [0.1, 0.15) is 12.4 Å². The summed E-state index contributed by atoms with van der Waals surface area (Å²) in [6, 6.07) is 1.23. The first-order valence-corrected chi connectivity index (χ1v) is 11.0. The molecule has 0 spiro atoms. The van der Waals surface area contributed by atoms with Crippen molar-refractivity contribution in [2.75, 3.05) is 6.61 Å². The Morgan fingerprint density at radius 1 is 1.41 bits per heavy atom. The lowest BCUT2D eigenvalue weighted by Crippen LogP contribution is -2.50. The molecule has 4 N–H and O–H groups in total. The van der Waals surface area contributed by atoms with Crippen molar-refractivity contribution >= 4 is 22.6 Å². The van der Waals surface area contributed by atoms with Gasteiger partial charge in [0.2, 0.25) is 0 Å². The van der Waals surface area contributed by atoms with Crippen LogP contribution in [0.15, 0.2) is 23.3 Å². The number of esters is 1. The molecule has 4 heterocycles. The maximum atomic E-state index is 14.7. The molecule has 0 bridgehead atoms. The molecule has 3 aliphatic heterocycles. The summed E-state index contributed by atoms with van der Waals surface area (Å²) in [6.45, 7) is 3.79. The predicted octanol–water partition coefficient (Wildman–Crippen LogP) is 2.11. The standard InChI is InChI=1S/C24H24FN3O4/c1-3-24(31)14-6-18-21-12(8-28(18)22(29)13(14)9-32-23(24)30)19-16(26)5-4-11-10(2)15(25)7-17(27-21)20(11)19/h6-7,16,22,29,31H,3-5,8-9,26H2,1-2H3/t16-,22?,24-/m0/s1. The minimum atomic E-state index is -1.83. The normalized spacial score (nSPS) is 28.4. The van der Waals surface area contributed by atoms with Gasteiger partial charge in [0.05, 0.1) is 16.9 Å². The predicted molar refractivity (Wildman–Crippen MR) is 114 cm³/mol. The summed E-state index contributed by atoms with van der Waals surface area (Å²) < 4.78 is 19.9. The highest BCUT2D eigenvalue weighted by atomic mass is 19.1. The van der Waals surface area contributed by atoms with E-state index in [-0.39, 0.29) is 24.9 Å². The zero-order valence-electron chi connectivity index (χ0n) is 17.9. The number of rotatable bonds is 1. The van der Waals surface area contributed by atoms with Crippen LogP contribution >= 0.6 is 0 Å². The zero-order chi connectivity index (χ0) is 22.5. The first-order chi connectivity index (χ1) is 15.3. The van der Waals surface area contributed by atoms with Crippen molar-refractivity contribution in [2.24, 2.45) is 5.73 Å². The van der Waals surface area contributed by atoms with Crippen LogP contribution in [0.3, 0.4) is 0 Å². The van der Waals surface area contributed by atoms with Gasteiger partial charge in [0, 0.05) is 40.7 Å². The number of benzene rings is 1. The summed E-state index contributed by atoms with van der Waals surface area (Å²) >= 11 is 0. The smallest absolute Gasteiger partial charge is 0.343 e. The summed E-state index contributed by atoms with van der Waals surface area (Å²) in [5.41, 5.74) is 10.7. The fourth-order valence-electron chi connectivity index (χ4n) is 5.74. The van der Waals surface area contributed by atoms with Gasteiger partial charge >= 0.3 is 5.97 Å². The molecule has 2 aromatic rings. The van der Waals surface area contributed by atoms with E-state index in [0.717, 1.165) is 22.1 Å². The molecule has 4 aliphatic rings. The summed E-state index contributed by atoms with van der Waals surface area (Å²) in [7, 11) is 0. The number of hydrogen-bond acceptors (Lipinski definition) is 7. The first kappa shape index (κ1) is 19.8. The molecular formula is C24H24FN3O4. The van der Waals surface area contributed by atoms with E-state index in [1.165, 1.54) is 6.07 Å². The van der Waals surface area contributed by atoms with Crippen molar-refractivity contribution in [1.29, 1.82) is 0 Å². The lowest BCUT2D eigenvalue weighted by atomic mass is 9.81. The van der Waals surface area contributed by atoms with Gasteiger partial charge < -0.3 is 25.6 Å². The highest BCUT2D eigenvalue weighted by Crippen LogP contribution is 2.48. The van der Waals surface area contributed by atoms with Gasteiger partial charge in [0.25, 0.3) is 0 Å². The number of aromatic nitrogens is 1. The van der Waals surface area contributed by atoms with Crippen LogP contribution in [0.1, 0.15) is 53.8 Å². The molecule has 1 aliphatic carbocycles. The second kappa shape index (κ2) is 6.37. The Labute approximate surface area is 184 Å². The van der Waals surface area contributed by atoms with E-state index >= 15 is 0 Å². The molecule has 7 nitrogen and oxygen atoms in total. The molecule has 166 valence electrons. The summed E-state index contributed by atoms with van der Waals surface area (Å²) in [4.78, 5) is 19.0. The summed E-state index contributed by atoms with van der Waals surface area (Å²) in [6.07, 6.45) is 2.17. The summed E-state index contributed by atoms with van der Waals surface area (Å²) in [5.74, 6) is -1.02. The minimum Gasteiger partial charge on any atom is -0.459 e. The Kier molecular flexibility index (Phi) is 3.95. The highest BCUT2D eigenvalue weighted by molar-refractivity contribution is 5.94. The van der Waals surface area contributed by atoms with Crippen molar-refractivity contribution in [3.8, 4) is 0 Å². The zero-order valence-corrected chi connectivity index (χ0v) is 17.9. The fraction of sp³-hybridized carbons (Fsp3) is 0.417. The number of carbonyl (C=O) groups excluding carboxylic acids is 1. The van der Waals surface area contributed by atoms with Gasteiger partial charge in [-0.2, -0.15) is 0 Å². The average Bonchev–Trinajstić information content (AvgIpc) is 3.14. The van der Waals surface area contributed by atoms with Gasteiger partial charge in [-0.15, -0.1) is 0 Å². The Morgan fingerprint density at radius 2 is 2.19 bits per heavy atom. The number of hydrogen-bond donors (Lipinski definition) is 3. The number of carbonyl (C=O) groups is 1. The average molecular weight is 437 g/mol. The van der Waals surface area contributed by atoms with Crippen LogP contribution < -0.4 is 5.73 Å². The Morgan fingerprint density at radius 3 is 2.94 bits per heavy atom. The van der Waals surface area contributed by atoms with E-state index < -0.39 is 17.8 Å². The molecule has 1 aromatic heterocycles.